The summed E-state index contributed by atoms with van der Waals surface area (Å²) in [6, 6.07) is 0. The molecule has 188 valence electrons. The number of alkyl halides is 1. The van der Waals surface area contributed by atoms with Gasteiger partial charge in [0.2, 0.25) is 0 Å². The smallest absolute Gasteiger partial charge is 0.309 e. The molecule has 3 saturated carbocycles. The van der Waals surface area contributed by atoms with Crippen LogP contribution < -0.4 is 0 Å². The first kappa shape index (κ1) is 25.7. The zero-order valence-electron chi connectivity index (χ0n) is 21.9. The number of carbonyl (C=O) groups excluding carboxylic acids is 2. The highest BCUT2D eigenvalue weighted by Crippen LogP contribution is 2.66. The molecule has 1 aliphatic heterocycles. The third kappa shape index (κ3) is 4.38. The molecule has 0 N–H and O–H groups in total. The average molecular weight is 524 g/mol. The van der Waals surface area contributed by atoms with E-state index in [9.17, 15) is 9.59 Å². The van der Waals surface area contributed by atoms with Gasteiger partial charge < -0.3 is 4.74 Å². The molecule has 0 aromatic heterocycles. The number of cyclic esters (lactones) is 1. The highest BCUT2D eigenvalue weighted by molar-refractivity contribution is 9.10. The Bertz CT molecular complexity index is 749. The van der Waals surface area contributed by atoms with Gasteiger partial charge in [-0.15, -0.1) is 0 Å². The van der Waals surface area contributed by atoms with Gasteiger partial charge in [0.25, 0.3) is 0 Å². The third-order valence-corrected chi connectivity index (χ3v) is 12.2. The Hall–Kier alpha value is -0.380. The fourth-order valence-electron chi connectivity index (χ4n) is 9.25. The molecule has 33 heavy (non-hydrogen) atoms. The predicted octanol–water partition coefficient (Wildman–Crippen LogP) is 7.45. The highest BCUT2D eigenvalue weighted by atomic mass is 79.9. The molecule has 0 unspecified atom stereocenters. The summed E-state index contributed by atoms with van der Waals surface area (Å²) in [6.07, 6.45) is 10.1. The summed E-state index contributed by atoms with van der Waals surface area (Å²) in [5.41, 5.74) is 0.107. The molecular formula is C29H47BrO3. The van der Waals surface area contributed by atoms with Crippen LogP contribution in [0.2, 0.25) is 0 Å². The Morgan fingerprint density at radius 3 is 2.39 bits per heavy atom. The molecule has 3 nitrogen and oxygen atoms in total. The summed E-state index contributed by atoms with van der Waals surface area (Å²) in [7, 11) is 0. The molecule has 3 aliphatic carbocycles. The molecule has 4 fully saturated rings. The highest BCUT2D eigenvalue weighted by Gasteiger charge is 2.62. The lowest BCUT2D eigenvalue weighted by atomic mass is 9.49. The van der Waals surface area contributed by atoms with Crippen molar-refractivity contribution in [1.82, 2.24) is 0 Å². The van der Waals surface area contributed by atoms with E-state index in [2.05, 4.69) is 57.5 Å². The molecule has 0 bridgehead atoms. The number of fused-ring (bicyclic) bond motifs is 5. The van der Waals surface area contributed by atoms with Gasteiger partial charge in [0.15, 0.2) is 0 Å². The number of halogens is 1. The van der Waals surface area contributed by atoms with Crippen molar-refractivity contribution in [2.45, 2.75) is 104 Å². The van der Waals surface area contributed by atoms with Crippen molar-refractivity contribution < 1.29 is 14.3 Å². The Morgan fingerprint density at radius 2 is 1.73 bits per heavy atom. The Labute approximate surface area is 210 Å². The van der Waals surface area contributed by atoms with Crippen molar-refractivity contribution >= 4 is 27.7 Å². The molecule has 0 spiro atoms. The maximum absolute atomic E-state index is 13.1. The zero-order chi connectivity index (χ0) is 24.1. The molecule has 4 rings (SSSR count). The number of hydrogen-bond acceptors (Lipinski definition) is 3. The number of rotatable bonds is 6. The van der Waals surface area contributed by atoms with Crippen LogP contribution in [0.3, 0.4) is 0 Å². The van der Waals surface area contributed by atoms with E-state index in [-0.39, 0.29) is 27.9 Å². The monoisotopic (exact) mass is 522 g/mol. The van der Waals surface area contributed by atoms with Crippen LogP contribution in [0.1, 0.15) is 99.3 Å². The van der Waals surface area contributed by atoms with Gasteiger partial charge in [0.05, 0.1) is 17.4 Å². The molecule has 0 radical (unpaired) electrons. The summed E-state index contributed by atoms with van der Waals surface area (Å²) < 4.78 is 5.99. The first-order valence-electron chi connectivity index (χ1n) is 13.9. The van der Waals surface area contributed by atoms with E-state index < -0.39 is 0 Å². The zero-order valence-corrected chi connectivity index (χ0v) is 23.5. The molecule has 0 amide bonds. The van der Waals surface area contributed by atoms with E-state index in [1.165, 1.54) is 38.5 Å². The van der Waals surface area contributed by atoms with E-state index in [0.29, 0.717) is 42.6 Å². The molecule has 1 heterocycles. The van der Waals surface area contributed by atoms with Crippen LogP contribution in [0.15, 0.2) is 0 Å². The van der Waals surface area contributed by atoms with Crippen molar-refractivity contribution in [1.29, 1.82) is 0 Å². The van der Waals surface area contributed by atoms with Gasteiger partial charge in [-0.05, 0) is 90.8 Å². The summed E-state index contributed by atoms with van der Waals surface area (Å²) in [5, 5.41) is 0. The number of carbonyl (C=O) groups is 2. The van der Waals surface area contributed by atoms with Crippen LogP contribution in [-0.4, -0.2) is 23.2 Å². The number of hydrogen-bond donors (Lipinski definition) is 0. The summed E-state index contributed by atoms with van der Waals surface area (Å²) in [4.78, 5) is 25.7. The van der Waals surface area contributed by atoms with Crippen LogP contribution in [0, 0.1) is 58.2 Å². The van der Waals surface area contributed by atoms with Gasteiger partial charge in [-0.25, -0.2) is 0 Å². The number of esters is 1. The molecule has 1 saturated heterocycles. The Balaban J connectivity index is 1.53. The van der Waals surface area contributed by atoms with Crippen molar-refractivity contribution in [3.63, 3.8) is 0 Å². The minimum Gasteiger partial charge on any atom is -0.465 e. The van der Waals surface area contributed by atoms with Crippen molar-refractivity contribution in [3.8, 4) is 0 Å². The summed E-state index contributed by atoms with van der Waals surface area (Å²) >= 11 is 3.54. The lowest BCUT2D eigenvalue weighted by Gasteiger charge is -2.55. The van der Waals surface area contributed by atoms with E-state index in [4.69, 9.17) is 4.74 Å². The maximum atomic E-state index is 13.1. The predicted molar refractivity (Wildman–Crippen MR) is 137 cm³/mol. The first-order valence-corrected chi connectivity index (χ1v) is 14.8. The van der Waals surface area contributed by atoms with Crippen molar-refractivity contribution in [2.24, 2.45) is 58.2 Å². The molecule has 4 aliphatic rings. The van der Waals surface area contributed by atoms with Crippen molar-refractivity contribution in [2.75, 3.05) is 6.61 Å². The third-order valence-electron chi connectivity index (χ3n) is 11.4. The first-order chi connectivity index (χ1) is 15.5. The second-order valence-corrected chi connectivity index (χ2v) is 14.2. The quantitative estimate of drug-likeness (QED) is 0.268. The van der Waals surface area contributed by atoms with E-state index in [0.717, 1.165) is 30.1 Å². The maximum Gasteiger partial charge on any atom is 0.309 e. The van der Waals surface area contributed by atoms with E-state index >= 15 is 0 Å². The largest absolute Gasteiger partial charge is 0.465 e. The fourth-order valence-corrected chi connectivity index (χ4v) is 9.79. The van der Waals surface area contributed by atoms with Crippen LogP contribution in [0.25, 0.3) is 0 Å². The molecule has 10 atom stereocenters. The minimum absolute atomic E-state index is 0.0484. The van der Waals surface area contributed by atoms with Gasteiger partial charge >= 0.3 is 5.97 Å². The standard InChI is InChI=1S/C29H47BrO3/c1-7-19(17(2)3)9-8-18(4)21-10-11-22-20-16-33-27(32)24-14-25(30)26(31)15-29(24,6)23(20)12-13-28(21,22)5/h17-25H,7-16H2,1-6H3/t18-,19-,20+,21-,22+,23+,24-,25+,28-,29-/m1/s1. The molecule has 4 heteroatoms. The number of ether oxygens (including phenoxy) is 1. The van der Waals surface area contributed by atoms with Crippen LogP contribution in [0.5, 0.6) is 0 Å². The fraction of sp³-hybridized carbons (Fsp3) is 0.931. The second kappa shape index (κ2) is 9.58. The van der Waals surface area contributed by atoms with Gasteiger partial charge in [0, 0.05) is 6.42 Å². The number of Topliss-reactive ketones (excluding diaryl/α,β-unsaturated/α-hetero) is 1. The van der Waals surface area contributed by atoms with E-state index in [1.54, 1.807) is 0 Å². The lowest BCUT2D eigenvalue weighted by Crippen LogP contribution is -2.52. The van der Waals surface area contributed by atoms with Gasteiger partial charge in [0.1, 0.15) is 5.78 Å². The second-order valence-electron chi connectivity index (χ2n) is 13.1. The Morgan fingerprint density at radius 1 is 1.03 bits per heavy atom. The van der Waals surface area contributed by atoms with Gasteiger partial charge in [-0.2, -0.15) is 0 Å². The van der Waals surface area contributed by atoms with Gasteiger partial charge in [-0.1, -0.05) is 70.3 Å². The van der Waals surface area contributed by atoms with Crippen molar-refractivity contribution in [3.05, 3.63) is 0 Å². The normalized spacial score (nSPS) is 45.0. The SMILES string of the molecule is CC[C@H](CC[C@@H](C)[C@H]1CC[C@H]2[C@@H]3COC(=O)[C@H]4C[C@H](Br)C(=O)C[C@]4(C)[C@H]3CC[C@]12C)C(C)C. The van der Waals surface area contributed by atoms with Crippen LogP contribution in [-0.2, 0) is 14.3 Å². The lowest BCUT2D eigenvalue weighted by molar-refractivity contribution is -0.153. The average Bonchev–Trinajstić information content (AvgIpc) is 3.06. The molecule has 0 aromatic rings. The Kier molecular flexibility index (Phi) is 7.46. The summed E-state index contributed by atoms with van der Waals surface area (Å²) in [5.74, 6) is 4.70. The summed E-state index contributed by atoms with van der Waals surface area (Å²) in [6.45, 7) is 15.0. The topological polar surface area (TPSA) is 43.4 Å². The minimum atomic E-state index is -0.240. The van der Waals surface area contributed by atoms with E-state index in [1.807, 2.05) is 0 Å². The van der Waals surface area contributed by atoms with Gasteiger partial charge in [-0.3, -0.25) is 9.59 Å². The number of ketones is 1. The van der Waals surface area contributed by atoms with Crippen LogP contribution >= 0.6 is 15.9 Å². The van der Waals surface area contributed by atoms with Crippen LogP contribution in [0.4, 0.5) is 0 Å². The molecule has 0 aromatic carbocycles. The molecular weight excluding hydrogens is 476 g/mol.